The lowest BCUT2D eigenvalue weighted by Crippen LogP contribution is -2.49. The fourth-order valence-corrected chi connectivity index (χ4v) is 4.08. The number of hydrogen-bond donors (Lipinski definition) is 1. The molecule has 1 saturated heterocycles. The van der Waals surface area contributed by atoms with Crippen LogP contribution in [-0.2, 0) is 4.79 Å². The van der Waals surface area contributed by atoms with E-state index in [-0.39, 0.29) is 24.0 Å². The van der Waals surface area contributed by atoms with Gasteiger partial charge in [-0.25, -0.2) is 0 Å². The van der Waals surface area contributed by atoms with Gasteiger partial charge in [0.2, 0.25) is 5.91 Å². The molecular weight excluding hydrogens is 326 g/mol. The molecule has 1 aromatic carbocycles. The van der Waals surface area contributed by atoms with Crippen LogP contribution >= 0.6 is 0 Å². The average molecular weight is 351 g/mol. The lowest BCUT2D eigenvalue weighted by atomic mass is 9.87. The average Bonchev–Trinajstić information content (AvgIpc) is 2.95. The van der Waals surface area contributed by atoms with Crippen molar-refractivity contribution in [2.24, 2.45) is 11.7 Å². The largest absolute Gasteiger partial charge is 0.473 e. The molecule has 1 saturated carbocycles. The van der Waals surface area contributed by atoms with E-state index in [4.69, 9.17) is 10.5 Å². The van der Waals surface area contributed by atoms with E-state index in [1.165, 1.54) is 6.42 Å². The molecule has 1 aliphatic carbocycles. The molecule has 1 amide bonds. The minimum atomic E-state index is -0.376. The Bertz CT molecular complexity index is 759. The van der Waals surface area contributed by atoms with E-state index < -0.39 is 0 Å². The van der Waals surface area contributed by atoms with Crippen LogP contribution in [-0.4, -0.2) is 34.6 Å². The van der Waals surface area contributed by atoms with Gasteiger partial charge in [-0.3, -0.25) is 14.7 Å². The second kappa shape index (κ2) is 7.08. The Morgan fingerprint density at radius 1 is 1.19 bits per heavy atom. The summed E-state index contributed by atoms with van der Waals surface area (Å²) in [5.74, 6) is 0.0626. The van der Waals surface area contributed by atoms with Crippen LogP contribution in [0.2, 0.25) is 0 Å². The minimum absolute atomic E-state index is 0.0534. The van der Waals surface area contributed by atoms with E-state index in [1.807, 2.05) is 37.3 Å². The van der Waals surface area contributed by atoms with Gasteiger partial charge in [-0.2, -0.15) is 0 Å². The standard InChI is InChI=1S/C21H25N3O2/c1-14-10-11-17(12-23-14)26-21-19(20(22)25)18(15-6-3-2-4-7-15)13-24(21)16-8-5-9-16/h2-4,6-7,10-12,16,18-19,21H,5,8-9,13H2,1H3,(H2,22,25). The van der Waals surface area contributed by atoms with Crippen LogP contribution in [0.4, 0.5) is 0 Å². The highest BCUT2D eigenvalue weighted by atomic mass is 16.5. The molecule has 5 heteroatoms. The molecule has 136 valence electrons. The highest BCUT2D eigenvalue weighted by Gasteiger charge is 2.50. The van der Waals surface area contributed by atoms with Crippen molar-refractivity contribution in [3.05, 3.63) is 59.9 Å². The number of carbonyl (C=O) groups is 1. The van der Waals surface area contributed by atoms with Crippen LogP contribution in [0.25, 0.3) is 0 Å². The van der Waals surface area contributed by atoms with E-state index in [9.17, 15) is 4.79 Å². The number of likely N-dealkylation sites (tertiary alicyclic amines) is 1. The van der Waals surface area contributed by atoms with Gasteiger partial charge in [0.25, 0.3) is 0 Å². The number of pyridine rings is 1. The van der Waals surface area contributed by atoms with Crippen molar-refractivity contribution >= 4 is 5.91 Å². The molecule has 2 aliphatic rings. The van der Waals surface area contributed by atoms with Crippen molar-refractivity contribution in [1.82, 2.24) is 9.88 Å². The molecule has 2 fully saturated rings. The number of benzene rings is 1. The van der Waals surface area contributed by atoms with Crippen molar-refractivity contribution in [2.45, 2.75) is 44.4 Å². The van der Waals surface area contributed by atoms with Gasteiger partial charge >= 0.3 is 0 Å². The van der Waals surface area contributed by atoms with Crippen LogP contribution in [0, 0.1) is 12.8 Å². The van der Waals surface area contributed by atoms with Gasteiger partial charge in [0.15, 0.2) is 6.23 Å². The first kappa shape index (κ1) is 17.0. The van der Waals surface area contributed by atoms with Crippen molar-refractivity contribution in [3.63, 3.8) is 0 Å². The quantitative estimate of drug-likeness (QED) is 0.899. The summed E-state index contributed by atoms with van der Waals surface area (Å²) in [7, 11) is 0. The van der Waals surface area contributed by atoms with Crippen LogP contribution in [0.15, 0.2) is 48.7 Å². The second-order valence-corrected chi connectivity index (χ2v) is 7.37. The van der Waals surface area contributed by atoms with Gasteiger partial charge in [-0.1, -0.05) is 36.8 Å². The summed E-state index contributed by atoms with van der Waals surface area (Å²) >= 11 is 0. The highest BCUT2D eigenvalue weighted by molar-refractivity contribution is 5.79. The summed E-state index contributed by atoms with van der Waals surface area (Å²) in [5.41, 5.74) is 7.94. The lowest BCUT2D eigenvalue weighted by molar-refractivity contribution is -0.127. The third kappa shape index (κ3) is 3.19. The van der Waals surface area contributed by atoms with E-state index in [0.717, 1.165) is 30.6 Å². The Balaban J connectivity index is 1.66. The Morgan fingerprint density at radius 2 is 1.96 bits per heavy atom. The van der Waals surface area contributed by atoms with Crippen LogP contribution < -0.4 is 10.5 Å². The predicted octanol–water partition coefficient (Wildman–Crippen LogP) is 2.85. The van der Waals surface area contributed by atoms with Gasteiger partial charge in [-0.05, 0) is 37.5 Å². The topological polar surface area (TPSA) is 68.5 Å². The molecule has 4 rings (SSSR count). The van der Waals surface area contributed by atoms with Crippen LogP contribution in [0.1, 0.15) is 36.4 Å². The second-order valence-electron chi connectivity index (χ2n) is 7.37. The smallest absolute Gasteiger partial charge is 0.226 e. The molecule has 1 aliphatic heterocycles. The number of rotatable bonds is 5. The molecule has 26 heavy (non-hydrogen) atoms. The summed E-state index contributed by atoms with van der Waals surface area (Å²) < 4.78 is 6.29. The van der Waals surface area contributed by atoms with E-state index in [1.54, 1.807) is 6.20 Å². The number of nitrogens with zero attached hydrogens (tertiary/aromatic N) is 2. The zero-order valence-corrected chi connectivity index (χ0v) is 15.0. The summed E-state index contributed by atoms with van der Waals surface area (Å²) in [4.78, 5) is 19.1. The van der Waals surface area contributed by atoms with Crippen LogP contribution in [0.3, 0.4) is 0 Å². The first-order valence-electron chi connectivity index (χ1n) is 9.33. The van der Waals surface area contributed by atoms with Gasteiger partial charge in [0, 0.05) is 24.2 Å². The Morgan fingerprint density at radius 3 is 2.54 bits per heavy atom. The maximum atomic E-state index is 12.4. The maximum absolute atomic E-state index is 12.4. The number of amides is 1. The molecule has 0 spiro atoms. The Hall–Kier alpha value is -2.40. The molecule has 1 aromatic heterocycles. The van der Waals surface area contributed by atoms with E-state index >= 15 is 0 Å². The fraction of sp³-hybridized carbons (Fsp3) is 0.429. The molecule has 2 N–H and O–H groups in total. The summed E-state index contributed by atoms with van der Waals surface area (Å²) in [6.07, 6.45) is 4.92. The number of hydrogen-bond acceptors (Lipinski definition) is 4. The Labute approximate surface area is 154 Å². The van der Waals surface area contributed by atoms with Gasteiger partial charge in [0.05, 0.1) is 12.1 Å². The lowest BCUT2D eigenvalue weighted by Gasteiger charge is -2.39. The third-order valence-corrected chi connectivity index (χ3v) is 5.72. The fourth-order valence-electron chi connectivity index (χ4n) is 4.08. The molecular formula is C21H25N3O2. The number of carbonyl (C=O) groups excluding carboxylic acids is 1. The molecule has 0 radical (unpaired) electrons. The first-order chi connectivity index (χ1) is 12.6. The number of primary amides is 1. The normalized spacial score (nSPS) is 26.4. The molecule has 2 heterocycles. The highest BCUT2D eigenvalue weighted by Crippen LogP contribution is 2.42. The maximum Gasteiger partial charge on any atom is 0.226 e. The molecule has 2 aromatic rings. The molecule has 3 atom stereocenters. The zero-order valence-electron chi connectivity index (χ0n) is 15.0. The van der Waals surface area contributed by atoms with Crippen molar-refractivity contribution in [1.29, 1.82) is 0 Å². The van der Waals surface area contributed by atoms with Crippen molar-refractivity contribution in [2.75, 3.05) is 6.54 Å². The number of aryl methyl sites for hydroxylation is 1. The van der Waals surface area contributed by atoms with Crippen molar-refractivity contribution < 1.29 is 9.53 Å². The molecule has 0 bridgehead atoms. The van der Waals surface area contributed by atoms with Crippen molar-refractivity contribution in [3.8, 4) is 5.75 Å². The van der Waals surface area contributed by atoms with E-state index in [2.05, 4.69) is 22.0 Å². The minimum Gasteiger partial charge on any atom is -0.473 e. The van der Waals surface area contributed by atoms with E-state index in [0.29, 0.717) is 11.8 Å². The van der Waals surface area contributed by atoms with Gasteiger partial charge in [-0.15, -0.1) is 0 Å². The molecule has 5 nitrogen and oxygen atoms in total. The SMILES string of the molecule is Cc1ccc(OC2C(C(N)=O)C(c3ccccc3)CN2C2CCC2)cn1. The molecule has 3 unspecified atom stereocenters. The number of aromatic nitrogens is 1. The number of ether oxygens (including phenoxy) is 1. The summed E-state index contributed by atoms with van der Waals surface area (Å²) in [6.45, 7) is 2.74. The number of nitrogens with two attached hydrogens (primary N) is 1. The summed E-state index contributed by atoms with van der Waals surface area (Å²) in [5, 5.41) is 0. The van der Waals surface area contributed by atoms with Gasteiger partial charge < -0.3 is 10.5 Å². The Kier molecular flexibility index (Phi) is 4.64. The monoisotopic (exact) mass is 351 g/mol. The zero-order chi connectivity index (χ0) is 18.1. The van der Waals surface area contributed by atoms with Gasteiger partial charge in [0.1, 0.15) is 5.75 Å². The third-order valence-electron chi connectivity index (χ3n) is 5.72. The summed E-state index contributed by atoms with van der Waals surface area (Å²) in [6, 6.07) is 14.5. The van der Waals surface area contributed by atoms with Crippen LogP contribution in [0.5, 0.6) is 5.75 Å². The first-order valence-corrected chi connectivity index (χ1v) is 9.33. The predicted molar refractivity (Wildman–Crippen MR) is 99.6 cm³/mol.